The fourth-order valence-electron chi connectivity index (χ4n) is 5.41. The molecule has 270 valence electrons. The first-order chi connectivity index (χ1) is 21.9. The van der Waals surface area contributed by atoms with Crippen LogP contribution >= 0.6 is 11.8 Å². The van der Waals surface area contributed by atoms with Gasteiger partial charge in [0, 0.05) is 18.2 Å². The van der Waals surface area contributed by atoms with Gasteiger partial charge in [-0.3, -0.25) is 23.9 Å². The third kappa shape index (κ3) is 15.0. The number of nitrogens with zero attached hydrogens (tertiary/aromatic N) is 2. The Labute approximate surface area is 287 Å². The maximum absolute atomic E-state index is 13.7. The van der Waals surface area contributed by atoms with Gasteiger partial charge in [0.25, 0.3) is 0 Å². The summed E-state index contributed by atoms with van der Waals surface area (Å²) in [5.74, 6) is -1.13. The monoisotopic (exact) mass is 680 g/mol. The number of hydrogen-bond donors (Lipinski definition) is 5. The predicted molar refractivity (Wildman–Crippen MR) is 191 cm³/mol. The smallest absolute Gasteiger partial charge is 0.242 e. The predicted octanol–water partition coefficient (Wildman–Crippen LogP) is 3.84. The molecular weight excluding hydrogens is 616 g/mol. The summed E-state index contributed by atoms with van der Waals surface area (Å²) in [6.45, 7) is 22.3. The molecule has 0 aliphatic rings. The number of nitrogens with one attached hydrogen (secondary N) is 4. The Bertz CT molecular complexity index is 1140. The summed E-state index contributed by atoms with van der Waals surface area (Å²) < 4.78 is 1.84. The van der Waals surface area contributed by atoms with Gasteiger partial charge in [-0.2, -0.15) is 16.9 Å². The number of aromatic nitrogens is 2. The van der Waals surface area contributed by atoms with Crippen molar-refractivity contribution in [1.82, 2.24) is 31.0 Å². The Kier molecular flexibility index (Phi) is 18.7. The van der Waals surface area contributed by atoms with E-state index in [9.17, 15) is 24.3 Å². The average molecular weight is 681 g/mol. The Morgan fingerprint density at radius 1 is 0.830 bits per heavy atom. The number of carbonyl (C=O) groups excluding carboxylic acids is 4. The van der Waals surface area contributed by atoms with Crippen molar-refractivity contribution in [2.45, 2.75) is 126 Å². The molecule has 12 heteroatoms. The maximum Gasteiger partial charge on any atom is 0.242 e. The van der Waals surface area contributed by atoms with Crippen molar-refractivity contribution in [1.29, 1.82) is 0 Å². The highest BCUT2D eigenvalue weighted by Gasteiger charge is 2.33. The summed E-state index contributed by atoms with van der Waals surface area (Å²) in [7, 11) is 0. The third-order valence-corrected chi connectivity index (χ3v) is 8.99. The van der Waals surface area contributed by atoms with Crippen LogP contribution in [0.3, 0.4) is 0 Å². The van der Waals surface area contributed by atoms with Crippen molar-refractivity contribution in [3.63, 3.8) is 0 Å². The second-order valence-corrected chi connectivity index (χ2v) is 15.6. The highest BCUT2D eigenvalue weighted by Crippen LogP contribution is 2.19. The molecule has 4 amide bonds. The lowest BCUT2D eigenvalue weighted by Crippen LogP contribution is -2.55. The third-order valence-electron chi connectivity index (χ3n) is 8.35. The minimum atomic E-state index is -1.01. The van der Waals surface area contributed by atoms with E-state index in [0.29, 0.717) is 31.7 Å². The number of amides is 4. The van der Waals surface area contributed by atoms with E-state index in [2.05, 4.69) is 26.4 Å². The zero-order valence-corrected chi connectivity index (χ0v) is 31.8. The number of aliphatic hydroxyl groups is 1. The summed E-state index contributed by atoms with van der Waals surface area (Å²) in [5, 5.41) is 27.6. The van der Waals surface area contributed by atoms with Crippen molar-refractivity contribution in [2.75, 3.05) is 18.6 Å². The van der Waals surface area contributed by atoms with Gasteiger partial charge in [-0.25, -0.2) is 0 Å². The quantitative estimate of drug-likeness (QED) is 0.132. The van der Waals surface area contributed by atoms with Crippen molar-refractivity contribution in [2.24, 2.45) is 35.5 Å². The standard InChI is InChI=1S/C35H64N6O5S/c1-20(2)15-29(30(42)16-24(9)32(43)39-31(23(7)8)35(46)36-18-21(3)4)38-34(45)28(13-14-47-12)37-33(44)27(22(5)6)19-41-26(11)17-25(10)40-41/h17,20-24,27-31,42H,13-16,18-19H2,1-12H3,(H,36,46)(H,37,44)(H,38,45)(H,39,43)/t24-,27-,28+,29+,30+,31+/m1/s1. The van der Waals surface area contributed by atoms with E-state index in [0.717, 1.165) is 11.4 Å². The molecular formula is C35H64N6O5S. The topological polar surface area (TPSA) is 154 Å². The number of carbonyl (C=O) groups is 4. The van der Waals surface area contributed by atoms with E-state index in [1.165, 1.54) is 0 Å². The summed E-state index contributed by atoms with van der Waals surface area (Å²) in [5.41, 5.74) is 1.86. The van der Waals surface area contributed by atoms with Crippen LogP contribution in [0.25, 0.3) is 0 Å². The SMILES string of the molecule is CSCC[C@H](NC(=O)[C@H](Cn1nc(C)cc1C)C(C)C)C(=O)N[C@@H](CC(C)C)[C@@H](O)C[C@@H](C)C(=O)N[C@H](C(=O)NCC(C)C)C(C)C. The molecule has 5 N–H and O–H groups in total. The molecule has 1 heterocycles. The van der Waals surface area contributed by atoms with Crippen molar-refractivity contribution in [3.8, 4) is 0 Å². The van der Waals surface area contributed by atoms with Crippen LogP contribution in [0, 0.1) is 49.4 Å². The first-order valence-corrected chi connectivity index (χ1v) is 18.6. The molecule has 0 bridgehead atoms. The molecule has 1 aromatic rings. The van der Waals surface area contributed by atoms with Gasteiger partial charge in [-0.1, -0.05) is 62.3 Å². The molecule has 0 saturated carbocycles. The number of rotatable bonds is 21. The van der Waals surface area contributed by atoms with Crippen LogP contribution in [0.15, 0.2) is 6.07 Å². The molecule has 0 aromatic carbocycles. The van der Waals surface area contributed by atoms with Gasteiger partial charge in [0.1, 0.15) is 12.1 Å². The highest BCUT2D eigenvalue weighted by atomic mass is 32.2. The Morgan fingerprint density at radius 3 is 1.96 bits per heavy atom. The van der Waals surface area contributed by atoms with Gasteiger partial charge in [0.05, 0.1) is 30.3 Å². The van der Waals surface area contributed by atoms with Crippen molar-refractivity contribution in [3.05, 3.63) is 17.5 Å². The van der Waals surface area contributed by atoms with E-state index >= 15 is 0 Å². The van der Waals surface area contributed by atoms with Crippen molar-refractivity contribution >= 4 is 35.4 Å². The van der Waals surface area contributed by atoms with Crippen LogP contribution in [0.2, 0.25) is 0 Å². The zero-order chi connectivity index (χ0) is 36.0. The maximum atomic E-state index is 13.7. The Morgan fingerprint density at radius 2 is 1.47 bits per heavy atom. The molecule has 1 aromatic heterocycles. The van der Waals surface area contributed by atoms with Gasteiger partial charge in [0.15, 0.2) is 0 Å². The van der Waals surface area contributed by atoms with Gasteiger partial charge in [0.2, 0.25) is 23.6 Å². The Hall–Kier alpha value is -2.60. The minimum Gasteiger partial charge on any atom is -0.391 e. The second-order valence-electron chi connectivity index (χ2n) is 14.6. The van der Waals surface area contributed by atoms with Crippen molar-refractivity contribution < 1.29 is 24.3 Å². The van der Waals surface area contributed by atoms with E-state index < -0.39 is 36.1 Å². The molecule has 0 unspecified atom stereocenters. The molecule has 11 nitrogen and oxygen atoms in total. The first kappa shape index (κ1) is 42.4. The summed E-state index contributed by atoms with van der Waals surface area (Å²) >= 11 is 1.59. The Balaban J connectivity index is 3.04. The molecule has 47 heavy (non-hydrogen) atoms. The fourth-order valence-corrected chi connectivity index (χ4v) is 5.88. The molecule has 0 fully saturated rings. The van der Waals surface area contributed by atoms with E-state index in [1.54, 1.807) is 18.7 Å². The lowest BCUT2D eigenvalue weighted by molar-refractivity contribution is -0.133. The minimum absolute atomic E-state index is 0.0166. The number of hydrogen-bond acceptors (Lipinski definition) is 7. The summed E-state index contributed by atoms with van der Waals surface area (Å²) in [6.07, 6.45) is 1.96. The first-order valence-electron chi connectivity index (χ1n) is 17.2. The van der Waals surface area contributed by atoms with Gasteiger partial charge in [-0.05, 0) is 74.9 Å². The molecule has 0 spiro atoms. The van der Waals surface area contributed by atoms with Crippen LogP contribution in [0.1, 0.15) is 93.0 Å². The number of aryl methyl sites for hydroxylation is 2. The highest BCUT2D eigenvalue weighted by molar-refractivity contribution is 7.98. The van der Waals surface area contributed by atoms with Crippen LogP contribution in [-0.2, 0) is 25.7 Å². The van der Waals surface area contributed by atoms with Crippen LogP contribution in [0.5, 0.6) is 0 Å². The van der Waals surface area contributed by atoms with E-state index in [1.807, 2.05) is 86.2 Å². The molecule has 1 rings (SSSR count). The van der Waals surface area contributed by atoms with Gasteiger partial charge >= 0.3 is 0 Å². The van der Waals surface area contributed by atoms with E-state index in [4.69, 9.17) is 0 Å². The number of aliphatic hydroxyl groups excluding tert-OH is 1. The van der Waals surface area contributed by atoms with Gasteiger partial charge in [-0.15, -0.1) is 0 Å². The van der Waals surface area contributed by atoms with Gasteiger partial charge < -0.3 is 26.4 Å². The lowest BCUT2D eigenvalue weighted by Gasteiger charge is -2.30. The van der Waals surface area contributed by atoms with Crippen LogP contribution < -0.4 is 21.3 Å². The summed E-state index contributed by atoms with van der Waals surface area (Å²) in [4.78, 5) is 53.3. The fraction of sp³-hybridized carbons (Fsp3) is 0.800. The van der Waals surface area contributed by atoms with Crippen LogP contribution in [-0.4, -0.2) is 81.3 Å². The lowest BCUT2D eigenvalue weighted by atomic mass is 9.91. The van der Waals surface area contributed by atoms with Crippen LogP contribution in [0.4, 0.5) is 0 Å². The molecule has 0 aliphatic carbocycles. The molecule has 6 atom stereocenters. The average Bonchev–Trinajstić information content (AvgIpc) is 3.29. The molecule has 0 radical (unpaired) electrons. The zero-order valence-electron chi connectivity index (χ0n) is 31.0. The number of thioether (sulfide) groups is 1. The molecule has 0 saturated heterocycles. The summed E-state index contributed by atoms with van der Waals surface area (Å²) in [6, 6.07) is -0.126. The molecule has 0 aliphatic heterocycles. The second kappa shape index (κ2) is 20.7. The largest absolute Gasteiger partial charge is 0.391 e. The normalized spacial score (nSPS) is 15.7. The van der Waals surface area contributed by atoms with E-state index in [-0.39, 0.29) is 53.7 Å².